The van der Waals surface area contributed by atoms with Gasteiger partial charge in [0.2, 0.25) is 0 Å². The molecule has 0 radical (unpaired) electrons. The number of hydrogen-bond acceptors (Lipinski definition) is 1. The molecule has 1 atom stereocenters. The Kier molecular flexibility index (Phi) is 5.61. The molecule has 3 aromatic carbocycles. The number of allylic oxidation sites excluding steroid dienone is 4. The van der Waals surface area contributed by atoms with E-state index in [1.165, 1.54) is 11.1 Å². The van der Waals surface area contributed by atoms with E-state index in [2.05, 4.69) is 69.0 Å². The second-order valence-electron chi connectivity index (χ2n) is 7.01. The summed E-state index contributed by atoms with van der Waals surface area (Å²) in [4.78, 5) is 0. The molecule has 0 saturated carbocycles. The van der Waals surface area contributed by atoms with Gasteiger partial charge in [-0.3, -0.25) is 0 Å². The first kappa shape index (κ1) is 18.7. The van der Waals surface area contributed by atoms with Crippen LogP contribution >= 0.6 is 0 Å². The normalized spacial score (nSPS) is 13.6. The number of fused-ring (bicyclic) bond motifs is 1. The SMILES string of the molecule is C=C/C=C(C)/C=C(/O)c1c(C(C)c2ccccc2C)ccc2ccccc12. The lowest BCUT2D eigenvalue weighted by atomic mass is 9.84. The molecule has 0 aliphatic carbocycles. The minimum Gasteiger partial charge on any atom is -0.507 e. The van der Waals surface area contributed by atoms with Crippen molar-refractivity contribution in [1.82, 2.24) is 0 Å². The Labute approximate surface area is 162 Å². The molecule has 0 aliphatic rings. The maximum Gasteiger partial charge on any atom is 0.123 e. The first-order valence-corrected chi connectivity index (χ1v) is 9.30. The number of aliphatic hydroxyl groups excluding tert-OH is 1. The van der Waals surface area contributed by atoms with Crippen LogP contribution in [-0.4, -0.2) is 5.11 Å². The maximum atomic E-state index is 11.0. The van der Waals surface area contributed by atoms with Gasteiger partial charge in [0.05, 0.1) is 0 Å². The van der Waals surface area contributed by atoms with Crippen molar-refractivity contribution in [2.75, 3.05) is 0 Å². The molecule has 1 unspecified atom stereocenters. The van der Waals surface area contributed by atoms with Gasteiger partial charge < -0.3 is 5.11 Å². The zero-order chi connectivity index (χ0) is 19.4. The second kappa shape index (κ2) is 8.09. The number of rotatable bonds is 5. The van der Waals surface area contributed by atoms with Gasteiger partial charge in [-0.15, -0.1) is 0 Å². The van der Waals surface area contributed by atoms with E-state index in [1.807, 2.05) is 31.2 Å². The molecule has 0 bridgehead atoms. The van der Waals surface area contributed by atoms with Crippen molar-refractivity contribution < 1.29 is 5.11 Å². The number of aliphatic hydroxyl groups is 1. The minimum absolute atomic E-state index is 0.171. The fourth-order valence-corrected chi connectivity index (χ4v) is 3.70. The third-order valence-corrected chi connectivity index (χ3v) is 5.08. The summed E-state index contributed by atoms with van der Waals surface area (Å²) in [5.74, 6) is 0.461. The fraction of sp³-hybridized carbons (Fsp3) is 0.154. The lowest BCUT2D eigenvalue weighted by molar-refractivity contribution is 0.511. The van der Waals surface area contributed by atoms with Gasteiger partial charge in [-0.25, -0.2) is 0 Å². The lowest BCUT2D eigenvalue weighted by Crippen LogP contribution is -2.04. The standard InChI is InChI=1S/C26H26O/c1-5-10-18(2)17-25(27)26-23(16-15-21-12-7-9-14-24(21)26)20(4)22-13-8-6-11-19(22)3/h5-17,20,27H,1H2,2-4H3/b18-10+,25-17+. The van der Waals surface area contributed by atoms with Gasteiger partial charge in [-0.05, 0) is 53.0 Å². The molecule has 0 amide bonds. The Morgan fingerprint density at radius 1 is 0.963 bits per heavy atom. The Morgan fingerprint density at radius 3 is 2.41 bits per heavy atom. The molecular weight excluding hydrogens is 328 g/mol. The van der Waals surface area contributed by atoms with Gasteiger partial charge in [0.15, 0.2) is 0 Å². The Hall–Kier alpha value is -3.06. The number of hydrogen-bond donors (Lipinski definition) is 1. The molecule has 0 aromatic heterocycles. The molecule has 1 heteroatoms. The van der Waals surface area contributed by atoms with E-state index < -0.39 is 0 Å². The number of aryl methyl sites for hydroxylation is 1. The molecule has 0 fully saturated rings. The summed E-state index contributed by atoms with van der Waals surface area (Å²) in [6.07, 6.45) is 5.45. The summed E-state index contributed by atoms with van der Waals surface area (Å²) >= 11 is 0. The van der Waals surface area contributed by atoms with Crippen LogP contribution in [0.15, 0.2) is 91.0 Å². The molecular formula is C26H26O. The largest absolute Gasteiger partial charge is 0.507 e. The molecule has 3 rings (SSSR count). The number of benzene rings is 3. The van der Waals surface area contributed by atoms with Crippen LogP contribution in [-0.2, 0) is 0 Å². The Balaban J connectivity index is 2.26. The average molecular weight is 354 g/mol. The van der Waals surface area contributed by atoms with Gasteiger partial charge in [-0.2, -0.15) is 0 Å². The summed E-state index contributed by atoms with van der Waals surface area (Å²) < 4.78 is 0. The van der Waals surface area contributed by atoms with Crippen molar-refractivity contribution >= 4 is 16.5 Å². The van der Waals surface area contributed by atoms with Crippen molar-refractivity contribution in [2.24, 2.45) is 0 Å². The second-order valence-corrected chi connectivity index (χ2v) is 7.01. The predicted molar refractivity (Wildman–Crippen MR) is 117 cm³/mol. The van der Waals surface area contributed by atoms with E-state index in [1.54, 1.807) is 6.08 Å². The van der Waals surface area contributed by atoms with Crippen LogP contribution in [0.1, 0.15) is 42.0 Å². The molecule has 3 aromatic rings. The molecule has 136 valence electrons. The van der Waals surface area contributed by atoms with E-state index in [0.717, 1.165) is 27.5 Å². The molecule has 0 spiro atoms. The fourth-order valence-electron chi connectivity index (χ4n) is 3.70. The van der Waals surface area contributed by atoms with E-state index in [9.17, 15) is 5.11 Å². The third kappa shape index (κ3) is 3.88. The quantitative estimate of drug-likeness (QED) is 0.375. The summed E-state index contributed by atoms with van der Waals surface area (Å²) in [6, 6.07) is 20.9. The zero-order valence-corrected chi connectivity index (χ0v) is 16.2. The lowest BCUT2D eigenvalue weighted by Gasteiger charge is -2.20. The first-order valence-electron chi connectivity index (χ1n) is 9.30. The van der Waals surface area contributed by atoms with Gasteiger partial charge in [-0.1, -0.05) is 86.3 Å². The van der Waals surface area contributed by atoms with Crippen molar-refractivity contribution in [3.05, 3.63) is 113 Å². The van der Waals surface area contributed by atoms with Crippen LogP contribution in [0.25, 0.3) is 16.5 Å². The van der Waals surface area contributed by atoms with Crippen LogP contribution in [0.4, 0.5) is 0 Å². The van der Waals surface area contributed by atoms with Crippen molar-refractivity contribution in [2.45, 2.75) is 26.7 Å². The highest BCUT2D eigenvalue weighted by Crippen LogP contribution is 2.36. The Bertz CT molecular complexity index is 1040. The van der Waals surface area contributed by atoms with Gasteiger partial charge >= 0.3 is 0 Å². The predicted octanol–water partition coefficient (Wildman–Crippen LogP) is 7.33. The van der Waals surface area contributed by atoms with Gasteiger partial charge in [0.1, 0.15) is 5.76 Å². The van der Waals surface area contributed by atoms with Crippen molar-refractivity contribution in [3.8, 4) is 0 Å². The highest BCUT2D eigenvalue weighted by Gasteiger charge is 2.19. The van der Waals surface area contributed by atoms with Crippen LogP contribution in [0.2, 0.25) is 0 Å². The summed E-state index contributed by atoms with van der Waals surface area (Å²) in [7, 11) is 0. The van der Waals surface area contributed by atoms with Crippen LogP contribution in [0.3, 0.4) is 0 Å². The monoisotopic (exact) mass is 354 g/mol. The molecule has 1 N–H and O–H groups in total. The molecule has 0 heterocycles. The minimum atomic E-state index is 0.171. The molecule has 27 heavy (non-hydrogen) atoms. The summed E-state index contributed by atoms with van der Waals surface area (Å²) in [5, 5.41) is 13.2. The van der Waals surface area contributed by atoms with Gasteiger partial charge in [0.25, 0.3) is 0 Å². The Morgan fingerprint density at radius 2 is 1.67 bits per heavy atom. The highest BCUT2D eigenvalue weighted by molar-refractivity contribution is 5.94. The van der Waals surface area contributed by atoms with E-state index in [0.29, 0.717) is 0 Å². The van der Waals surface area contributed by atoms with E-state index in [4.69, 9.17) is 0 Å². The average Bonchev–Trinajstić information content (AvgIpc) is 2.67. The smallest absolute Gasteiger partial charge is 0.123 e. The third-order valence-electron chi connectivity index (χ3n) is 5.08. The molecule has 1 nitrogen and oxygen atoms in total. The highest BCUT2D eigenvalue weighted by atomic mass is 16.3. The van der Waals surface area contributed by atoms with Crippen molar-refractivity contribution in [3.63, 3.8) is 0 Å². The van der Waals surface area contributed by atoms with Crippen LogP contribution in [0.5, 0.6) is 0 Å². The van der Waals surface area contributed by atoms with Gasteiger partial charge in [0, 0.05) is 11.5 Å². The van der Waals surface area contributed by atoms with Crippen molar-refractivity contribution in [1.29, 1.82) is 0 Å². The van der Waals surface area contributed by atoms with Crippen LogP contribution in [0, 0.1) is 6.92 Å². The molecule has 0 aliphatic heterocycles. The zero-order valence-electron chi connectivity index (χ0n) is 16.2. The van der Waals surface area contributed by atoms with E-state index in [-0.39, 0.29) is 11.7 Å². The van der Waals surface area contributed by atoms with E-state index >= 15 is 0 Å². The summed E-state index contributed by atoms with van der Waals surface area (Å²) in [6.45, 7) is 10.0. The molecule has 0 saturated heterocycles. The topological polar surface area (TPSA) is 20.2 Å². The first-order chi connectivity index (χ1) is 13.0. The van der Waals surface area contributed by atoms with Crippen LogP contribution < -0.4 is 0 Å². The maximum absolute atomic E-state index is 11.0. The summed E-state index contributed by atoms with van der Waals surface area (Å²) in [5.41, 5.74) is 5.53.